The van der Waals surface area contributed by atoms with Crippen LogP contribution in [0, 0.1) is 6.92 Å². The third kappa shape index (κ3) is 4.50. The van der Waals surface area contributed by atoms with E-state index in [4.69, 9.17) is 9.97 Å². The number of hydrogen-bond acceptors (Lipinski definition) is 8. The third-order valence-corrected chi connectivity index (χ3v) is 4.84. The fourth-order valence-corrected chi connectivity index (χ4v) is 3.42. The van der Waals surface area contributed by atoms with Gasteiger partial charge in [-0.05, 0) is 19.8 Å². The number of aromatic nitrogens is 6. The highest BCUT2D eigenvalue weighted by atomic mass is 16.2. The smallest absolute Gasteiger partial charge is 0.219 e. The first kappa shape index (κ1) is 18.9. The summed E-state index contributed by atoms with van der Waals surface area (Å²) >= 11 is 0. The van der Waals surface area contributed by atoms with Crippen LogP contribution in [0.25, 0.3) is 11.3 Å². The molecular formula is C20H22N8O. The number of aryl methyl sites for hydroxylation is 1. The van der Waals surface area contributed by atoms with Gasteiger partial charge in [-0.15, -0.1) is 0 Å². The molecule has 0 saturated carbocycles. The normalized spacial score (nSPS) is 16.5. The maximum Gasteiger partial charge on any atom is 0.219 e. The van der Waals surface area contributed by atoms with Crippen LogP contribution in [0.1, 0.15) is 37.2 Å². The van der Waals surface area contributed by atoms with Crippen molar-refractivity contribution < 1.29 is 4.79 Å². The molecule has 1 aliphatic heterocycles. The minimum atomic E-state index is 0.0707. The van der Waals surface area contributed by atoms with Gasteiger partial charge in [0.1, 0.15) is 23.8 Å². The van der Waals surface area contributed by atoms with Gasteiger partial charge in [0.15, 0.2) is 0 Å². The van der Waals surface area contributed by atoms with Crippen molar-refractivity contribution in [1.82, 2.24) is 34.8 Å². The molecule has 3 aromatic rings. The van der Waals surface area contributed by atoms with E-state index in [2.05, 4.69) is 25.3 Å². The molecule has 1 amide bonds. The molecule has 0 aliphatic carbocycles. The summed E-state index contributed by atoms with van der Waals surface area (Å²) in [6.45, 7) is 4.88. The summed E-state index contributed by atoms with van der Waals surface area (Å²) in [6, 6.07) is 1.85. The van der Waals surface area contributed by atoms with Crippen LogP contribution in [0.5, 0.6) is 0 Å². The number of nitrogens with zero attached hydrogens (tertiary/aromatic N) is 7. The Kier molecular flexibility index (Phi) is 5.37. The Labute approximate surface area is 168 Å². The number of carbonyl (C=O) groups is 1. The van der Waals surface area contributed by atoms with E-state index in [0.29, 0.717) is 24.0 Å². The molecule has 1 saturated heterocycles. The van der Waals surface area contributed by atoms with Crippen LogP contribution in [0.4, 0.5) is 11.6 Å². The summed E-state index contributed by atoms with van der Waals surface area (Å²) in [5.74, 6) is 2.07. The molecule has 148 valence electrons. The van der Waals surface area contributed by atoms with Crippen LogP contribution in [-0.4, -0.2) is 53.8 Å². The Bertz CT molecular complexity index is 1010. The first-order valence-electron chi connectivity index (χ1n) is 9.54. The molecule has 29 heavy (non-hydrogen) atoms. The van der Waals surface area contributed by atoms with E-state index in [0.717, 1.165) is 36.3 Å². The molecule has 4 rings (SSSR count). The van der Waals surface area contributed by atoms with Crippen molar-refractivity contribution in [2.24, 2.45) is 0 Å². The van der Waals surface area contributed by atoms with Crippen LogP contribution < -0.4 is 5.32 Å². The van der Waals surface area contributed by atoms with Gasteiger partial charge < -0.3 is 10.2 Å². The van der Waals surface area contributed by atoms with E-state index in [9.17, 15) is 4.79 Å². The number of piperidine rings is 1. The maximum atomic E-state index is 11.8. The standard InChI is InChI=1S/C20H22N8O/c1-13-7-21-10-19(24-13)26-18-6-17(16-8-22-12-23-9-16)25-20(27-18)15-4-3-5-28(11-15)14(2)29/h6-10,12,15H,3-5,11H2,1-2H3,(H,24,25,26,27). The Morgan fingerprint density at radius 1 is 1.07 bits per heavy atom. The summed E-state index contributed by atoms with van der Waals surface area (Å²) in [5.41, 5.74) is 2.33. The zero-order valence-corrected chi connectivity index (χ0v) is 16.4. The zero-order valence-electron chi connectivity index (χ0n) is 16.4. The summed E-state index contributed by atoms with van der Waals surface area (Å²) in [7, 11) is 0. The first-order valence-corrected chi connectivity index (χ1v) is 9.54. The Morgan fingerprint density at radius 3 is 2.66 bits per heavy atom. The highest BCUT2D eigenvalue weighted by Crippen LogP contribution is 2.28. The molecule has 0 bridgehead atoms. The van der Waals surface area contributed by atoms with E-state index >= 15 is 0 Å². The maximum absolute atomic E-state index is 11.8. The molecule has 0 spiro atoms. The minimum absolute atomic E-state index is 0.0707. The third-order valence-electron chi connectivity index (χ3n) is 4.84. The molecule has 1 aliphatic rings. The summed E-state index contributed by atoms with van der Waals surface area (Å²) < 4.78 is 0. The molecule has 1 atom stereocenters. The zero-order chi connectivity index (χ0) is 20.2. The molecule has 9 nitrogen and oxygen atoms in total. The minimum Gasteiger partial charge on any atom is -0.342 e. The van der Waals surface area contributed by atoms with Crippen molar-refractivity contribution in [1.29, 1.82) is 0 Å². The topological polar surface area (TPSA) is 110 Å². The number of hydrogen-bond donors (Lipinski definition) is 1. The van der Waals surface area contributed by atoms with Crippen LogP contribution in [0.15, 0.2) is 37.2 Å². The van der Waals surface area contributed by atoms with Gasteiger partial charge in [-0.3, -0.25) is 9.78 Å². The van der Waals surface area contributed by atoms with Gasteiger partial charge in [0, 0.05) is 56.2 Å². The first-order chi connectivity index (χ1) is 14.1. The molecular weight excluding hydrogens is 368 g/mol. The van der Waals surface area contributed by atoms with Gasteiger partial charge >= 0.3 is 0 Å². The Morgan fingerprint density at radius 2 is 1.90 bits per heavy atom. The molecule has 9 heteroatoms. The summed E-state index contributed by atoms with van der Waals surface area (Å²) in [5, 5.41) is 3.22. The second kappa shape index (κ2) is 8.26. The molecule has 4 heterocycles. The second-order valence-electron chi connectivity index (χ2n) is 7.10. The molecule has 0 radical (unpaired) electrons. The highest BCUT2D eigenvalue weighted by molar-refractivity contribution is 5.73. The lowest BCUT2D eigenvalue weighted by Gasteiger charge is -2.31. The van der Waals surface area contributed by atoms with Crippen molar-refractivity contribution in [2.45, 2.75) is 32.6 Å². The lowest BCUT2D eigenvalue weighted by atomic mass is 9.97. The number of amides is 1. The van der Waals surface area contributed by atoms with Gasteiger partial charge in [-0.25, -0.2) is 24.9 Å². The van der Waals surface area contributed by atoms with E-state index in [1.54, 1.807) is 31.7 Å². The molecule has 3 aromatic heterocycles. The predicted molar refractivity (Wildman–Crippen MR) is 107 cm³/mol. The van der Waals surface area contributed by atoms with Crippen molar-refractivity contribution in [3.63, 3.8) is 0 Å². The molecule has 0 aromatic carbocycles. The number of nitrogens with one attached hydrogen (secondary N) is 1. The van der Waals surface area contributed by atoms with Crippen molar-refractivity contribution in [3.05, 3.63) is 48.7 Å². The lowest BCUT2D eigenvalue weighted by molar-refractivity contribution is -0.130. The predicted octanol–water partition coefficient (Wildman–Crippen LogP) is 2.50. The summed E-state index contributed by atoms with van der Waals surface area (Å²) in [4.78, 5) is 40.0. The van der Waals surface area contributed by atoms with Gasteiger partial charge in [-0.2, -0.15) is 0 Å². The average molecular weight is 390 g/mol. The number of rotatable bonds is 4. The number of anilines is 2. The van der Waals surface area contributed by atoms with Crippen LogP contribution in [-0.2, 0) is 4.79 Å². The Hall–Kier alpha value is -3.49. The largest absolute Gasteiger partial charge is 0.342 e. The van der Waals surface area contributed by atoms with E-state index in [1.807, 2.05) is 17.9 Å². The average Bonchev–Trinajstić information content (AvgIpc) is 2.74. The number of carbonyl (C=O) groups excluding carboxylic acids is 1. The van der Waals surface area contributed by atoms with E-state index in [1.165, 1.54) is 6.33 Å². The van der Waals surface area contributed by atoms with Crippen LogP contribution >= 0.6 is 0 Å². The molecule has 1 unspecified atom stereocenters. The van der Waals surface area contributed by atoms with Crippen molar-refractivity contribution >= 4 is 17.5 Å². The van der Waals surface area contributed by atoms with Crippen molar-refractivity contribution in [3.8, 4) is 11.3 Å². The van der Waals surface area contributed by atoms with Gasteiger partial charge in [0.05, 0.1) is 17.6 Å². The van der Waals surface area contributed by atoms with Crippen molar-refractivity contribution in [2.75, 3.05) is 18.4 Å². The number of likely N-dealkylation sites (tertiary alicyclic amines) is 1. The Balaban J connectivity index is 1.71. The SMILES string of the molecule is CC(=O)N1CCCC(c2nc(Nc3cncc(C)n3)cc(-c3cncnc3)n2)C1. The fraction of sp³-hybridized carbons (Fsp3) is 0.350. The fourth-order valence-electron chi connectivity index (χ4n) is 3.42. The van der Waals surface area contributed by atoms with Crippen LogP contribution in [0.2, 0.25) is 0 Å². The molecule has 1 N–H and O–H groups in total. The van der Waals surface area contributed by atoms with Gasteiger partial charge in [0.2, 0.25) is 5.91 Å². The van der Waals surface area contributed by atoms with Crippen LogP contribution in [0.3, 0.4) is 0 Å². The van der Waals surface area contributed by atoms with Gasteiger partial charge in [-0.1, -0.05) is 0 Å². The lowest BCUT2D eigenvalue weighted by Crippen LogP contribution is -2.38. The summed E-state index contributed by atoms with van der Waals surface area (Å²) in [6.07, 6.45) is 10.1. The van der Waals surface area contributed by atoms with Gasteiger partial charge in [0.25, 0.3) is 0 Å². The quantitative estimate of drug-likeness (QED) is 0.724. The van der Waals surface area contributed by atoms with E-state index in [-0.39, 0.29) is 11.8 Å². The highest BCUT2D eigenvalue weighted by Gasteiger charge is 2.26. The molecule has 1 fully saturated rings. The second-order valence-corrected chi connectivity index (χ2v) is 7.10. The monoisotopic (exact) mass is 390 g/mol. The van der Waals surface area contributed by atoms with E-state index < -0.39 is 0 Å².